The third-order valence-corrected chi connectivity index (χ3v) is 3.05. The Bertz CT molecular complexity index is 277. The molecule has 0 aliphatic carbocycles. The average Bonchev–Trinajstić information content (AvgIpc) is 2.16. The van der Waals surface area contributed by atoms with E-state index in [2.05, 4.69) is 13.6 Å². The second-order valence-electron chi connectivity index (χ2n) is 2.96. The summed E-state index contributed by atoms with van der Waals surface area (Å²) in [6.07, 6.45) is 0. The summed E-state index contributed by atoms with van der Waals surface area (Å²) in [5.41, 5.74) is 0. The molecule has 0 saturated heterocycles. The van der Waals surface area contributed by atoms with Crippen molar-refractivity contribution in [3.63, 3.8) is 0 Å². The van der Waals surface area contributed by atoms with Crippen LogP contribution in [0.15, 0.2) is 0 Å². The van der Waals surface area contributed by atoms with E-state index in [-0.39, 0.29) is 38.2 Å². The van der Waals surface area contributed by atoms with Gasteiger partial charge in [0, 0.05) is 79.5 Å². The summed E-state index contributed by atoms with van der Waals surface area (Å²) in [5.74, 6) is 0. The van der Waals surface area contributed by atoms with E-state index in [1.807, 2.05) is 0 Å². The Kier molecular flexibility index (Phi) is 20.3. The molecule has 0 bridgehead atoms. The van der Waals surface area contributed by atoms with Crippen LogP contribution in [0.2, 0.25) is 0 Å². The van der Waals surface area contributed by atoms with Gasteiger partial charge in [0.25, 0.3) is 0 Å². The van der Waals surface area contributed by atoms with Crippen molar-refractivity contribution >= 4 is 22.8 Å². The van der Waals surface area contributed by atoms with Gasteiger partial charge in [-0.3, -0.25) is 13.7 Å². The SMILES string of the molecule is COP(C)(=O)O.COP(C)(=O)O.COP(C)(=O)O.[Dy]. The summed E-state index contributed by atoms with van der Waals surface area (Å²) in [6.45, 7) is 3.40. The van der Waals surface area contributed by atoms with E-state index >= 15 is 0 Å². The van der Waals surface area contributed by atoms with Gasteiger partial charge in [-0.2, -0.15) is 0 Å². The van der Waals surface area contributed by atoms with Gasteiger partial charge in [0.15, 0.2) is 0 Å². The van der Waals surface area contributed by atoms with Gasteiger partial charge < -0.3 is 28.3 Å². The third kappa shape index (κ3) is 53.9. The molecule has 9 nitrogen and oxygen atoms in total. The standard InChI is InChI=1S/3C2H7O3P.Dy/c3*1-5-6(2,3)4;/h3*1-2H3,(H,3,4);. The maximum atomic E-state index is 9.92. The Morgan fingerprint density at radius 1 is 0.632 bits per heavy atom. The number of rotatable bonds is 3. The molecule has 0 aromatic carbocycles. The predicted molar refractivity (Wildman–Crippen MR) is 68.3 cm³/mol. The molecule has 0 aliphatic heterocycles. The number of hydrogen-bond acceptors (Lipinski definition) is 6. The topological polar surface area (TPSA) is 140 Å². The first-order valence-electron chi connectivity index (χ1n) is 4.26. The Morgan fingerprint density at radius 2 is 0.684 bits per heavy atom. The van der Waals surface area contributed by atoms with E-state index in [4.69, 9.17) is 14.7 Å². The normalized spacial score (nSPS) is 18.8. The fourth-order valence-corrected chi connectivity index (χ4v) is 0. The van der Waals surface area contributed by atoms with Crippen LogP contribution >= 0.6 is 22.8 Å². The van der Waals surface area contributed by atoms with Gasteiger partial charge >= 0.3 is 22.8 Å². The molecule has 19 heavy (non-hydrogen) atoms. The summed E-state index contributed by atoms with van der Waals surface area (Å²) in [5, 5.41) is 0. The minimum absolute atomic E-state index is 0. The molecule has 13 heteroatoms. The first-order valence-corrected chi connectivity index (χ1v) is 10.3. The predicted octanol–water partition coefficient (Wildman–Crippen LogP) is 1.34. The van der Waals surface area contributed by atoms with Crippen molar-refractivity contribution in [2.45, 2.75) is 0 Å². The van der Waals surface area contributed by atoms with Crippen molar-refractivity contribution in [1.82, 2.24) is 0 Å². The average molecular weight is 493 g/mol. The molecular formula is C6H21DyO9P3. The van der Waals surface area contributed by atoms with Crippen LogP contribution in [-0.2, 0) is 27.3 Å². The summed E-state index contributed by atoms with van der Waals surface area (Å²) in [4.78, 5) is 24.5. The van der Waals surface area contributed by atoms with Crippen molar-refractivity contribution in [3.8, 4) is 0 Å². The zero-order chi connectivity index (χ0) is 15.6. The van der Waals surface area contributed by atoms with Gasteiger partial charge in [-0.05, 0) is 0 Å². The molecule has 3 unspecified atom stereocenters. The van der Waals surface area contributed by atoms with Crippen LogP contribution in [0.25, 0.3) is 0 Å². The molecule has 0 aromatic heterocycles. The van der Waals surface area contributed by atoms with Gasteiger partial charge in [0.1, 0.15) is 0 Å². The Morgan fingerprint density at radius 3 is 0.684 bits per heavy atom. The van der Waals surface area contributed by atoms with Crippen LogP contribution in [-0.4, -0.2) is 56.0 Å². The Balaban J connectivity index is -0.0000000865. The van der Waals surface area contributed by atoms with Crippen molar-refractivity contribution < 1.29 is 80.1 Å². The smallest absolute Gasteiger partial charge is 0.324 e. The van der Waals surface area contributed by atoms with Crippen LogP contribution in [0.3, 0.4) is 0 Å². The molecular weight excluding hydrogens is 471 g/mol. The van der Waals surface area contributed by atoms with Gasteiger partial charge in [-0.1, -0.05) is 0 Å². The summed E-state index contributed by atoms with van der Waals surface area (Å²) < 4.78 is 41.9. The minimum Gasteiger partial charge on any atom is -0.324 e. The zero-order valence-electron chi connectivity index (χ0n) is 11.4. The van der Waals surface area contributed by atoms with Crippen LogP contribution in [0, 0.1) is 38.2 Å². The quantitative estimate of drug-likeness (QED) is 0.498. The van der Waals surface area contributed by atoms with E-state index in [9.17, 15) is 13.7 Å². The van der Waals surface area contributed by atoms with Crippen molar-refractivity contribution in [2.75, 3.05) is 41.3 Å². The molecule has 3 atom stereocenters. The molecule has 0 fully saturated rings. The molecule has 3 N–H and O–H groups in total. The first kappa shape index (κ1) is 28.8. The van der Waals surface area contributed by atoms with Crippen molar-refractivity contribution in [2.24, 2.45) is 0 Å². The molecule has 0 aliphatic rings. The summed E-state index contributed by atoms with van der Waals surface area (Å²) in [7, 11) is -5.85. The van der Waals surface area contributed by atoms with Gasteiger partial charge in [-0.25, -0.2) is 0 Å². The fourth-order valence-electron chi connectivity index (χ4n) is 0. The van der Waals surface area contributed by atoms with Crippen LogP contribution in [0.4, 0.5) is 0 Å². The largest absolute Gasteiger partial charge is 0.324 e. The molecule has 0 amide bonds. The monoisotopic (exact) mass is 494 g/mol. The second-order valence-corrected chi connectivity index (χ2v) is 8.87. The van der Waals surface area contributed by atoms with E-state index in [1.54, 1.807) is 0 Å². The maximum absolute atomic E-state index is 9.92. The zero-order valence-corrected chi connectivity index (χ0v) is 16.2. The third-order valence-electron chi connectivity index (χ3n) is 1.02. The van der Waals surface area contributed by atoms with E-state index in [0.29, 0.717) is 0 Å². The van der Waals surface area contributed by atoms with E-state index in [0.717, 1.165) is 20.0 Å². The second kappa shape index (κ2) is 13.4. The van der Waals surface area contributed by atoms with E-state index in [1.165, 1.54) is 21.3 Å². The molecule has 0 aromatic rings. The molecule has 0 spiro atoms. The van der Waals surface area contributed by atoms with Crippen LogP contribution in [0.1, 0.15) is 0 Å². The molecule has 0 saturated carbocycles. The summed E-state index contributed by atoms with van der Waals surface area (Å²) in [6, 6.07) is 0. The van der Waals surface area contributed by atoms with Crippen LogP contribution in [0.5, 0.6) is 0 Å². The van der Waals surface area contributed by atoms with Gasteiger partial charge in [0.2, 0.25) is 0 Å². The molecule has 0 radical (unpaired) electrons. The molecule has 0 heterocycles. The van der Waals surface area contributed by atoms with Crippen LogP contribution < -0.4 is 0 Å². The fraction of sp³-hybridized carbons (Fsp3) is 1.00. The summed E-state index contributed by atoms with van der Waals surface area (Å²) >= 11 is 0. The minimum atomic E-state index is -3.15. The number of hydrogen-bond donors (Lipinski definition) is 3. The van der Waals surface area contributed by atoms with Crippen molar-refractivity contribution in [1.29, 1.82) is 0 Å². The Labute approximate surface area is 143 Å². The maximum Gasteiger partial charge on any atom is 0.324 e. The molecule has 124 valence electrons. The Hall–Kier alpha value is 1.72. The first-order chi connectivity index (χ1) is 7.68. The van der Waals surface area contributed by atoms with Crippen molar-refractivity contribution in [3.05, 3.63) is 0 Å². The molecule has 0 rings (SSSR count). The van der Waals surface area contributed by atoms with Gasteiger partial charge in [0.05, 0.1) is 0 Å². The van der Waals surface area contributed by atoms with E-state index < -0.39 is 22.8 Å². The van der Waals surface area contributed by atoms with Gasteiger partial charge in [-0.15, -0.1) is 0 Å².